The first kappa shape index (κ1) is 17.7. The highest BCUT2D eigenvalue weighted by Crippen LogP contribution is 2.16. The molecule has 3 rings (SSSR count). The average molecular weight is 359 g/mol. The van der Waals surface area contributed by atoms with E-state index in [1.807, 2.05) is 13.8 Å². The van der Waals surface area contributed by atoms with Crippen LogP contribution in [-0.4, -0.2) is 35.7 Å². The maximum Gasteiger partial charge on any atom is 0.332 e. The summed E-state index contributed by atoms with van der Waals surface area (Å²) in [6.45, 7) is 5.84. The SMILES string of the molecule is CC=CCn1c(=O)c2c(nc3n(CC(=O)OCC)c(C)cn23)n(C)c1=O. The topological polar surface area (TPSA) is 92.5 Å². The molecule has 0 aromatic carbocycles. The predicted molar refractivity (Wildman–Crippen MR) is 96.4 cm³/mol. The third-order valence-electron chi connectivity index (χ3n) is 4.26. The number of allylic oxidation sites excluding steroid dienone is 2. The monoisotopic (exact) mass is 359 g/mol. The van der Waals surface area contributed by atoms with Gasteiger partial charge in [-0.3, -0.25) is 23.1 Å². The number of esters is 1. The Labute approximate surface area is 148 Å². The molecule has 0 aliphatic heterocycles. The molecule has 3 heterocycles. The maximum absolute atomic E-state index is 12.9. The number of carbonyl (C=O) groups excluding carboxylic acids is 1. The van der Waals surface area contributed by atoms with E-state index in [1.54, 1.807) is 41.3 Å². The number of carbonyl (C=O) groups is 1. The van der Waals surface area contributed by atoms with E-state index in [0.717, 1.165) is 10.3 Å². The van der Waals surface area contributed by atoms with Gasteiger partial charge in [-0.15, -0.1) is 0 Å². The van der Waals surface area contributed by atoms with E-state index < -0.39 is 11.2 Å². The summed E-state index contributed by atoms with van der Waals surface area (Å²) >= 11 is 0. The number of fused-ring (bicyclic) bond motifs is 3. The molecule has 138 valence electrons. The van der Waals surface area contributed by atoms with Gasteiger partial charge in [-0.2, -0.15) is 4.98 Å². The molecule has 0 saturated carbocycles. The molecule has 9 heteroatoms. The number of aryl methyl sites for hydroxylation is 2. The molecular formula is C17H21N5O4. The first-order valence-electron chi connectivity index (χ1n) is 8.35. The van der Waals surface area contributed by atoms with Gasteiger partial charge in [0, 0.05) is 25.5 Å². The predicted octanol–water partition coefficient (Wildman–Crippen LogP) is 0.597. The molecule has 0 fully saturated rings. The third kappa shape index (κ3) is 2.65. The van der Waals surface area contributed by atoms with Gasteiger partial charge in [0.15, 0.2) is 11.2 Å². The Morgan fingerprint density at radius 2 is 2.04 bits per heavy atom. The van der Waals surface area contributed by atoms with E-state index in [-0.39, 0.29) is 31.3 Å². The molecular weight excluding hydrogens is 338 g/mol. The zero-order chi connectivity index (χ0) is 19.0. The first-order valence-corrected chi connectivity index (χ1v) is 8.35. The number of ether oxygens (including phenoxy) is 1. The molecule has 0 bridgehead atoms. The van der Waals surface area contributed by atoms with E-state index in [1.165, 1.54) is 4.57 Å². The van der Waals surface area contributed by atoms with Gasteiger partial charge in [0.1, 0.15) is 6.54 Å². The van der Waals surface area contributed by atoms with E-state index >= 15 is 0 Å². The lowest BCUT2D eigenvalue weighted by molar-refractivity contribution is -0.143. The summed E-state index contributed by atoms with van der Waals surface area (Å²) in [6.07, 6.45) is 5.25. The van der Waals surface area contributed by atoms with Crippen LogP contribution in [0.15, 0.2) is 27.9 Å². The smallest absolute Gasteiger partial charge is 0.332 e. The Bertz CT molecular complexity index is 1140. The zero-order valence-corrected chi connectivity index (χ0v) is 15.2. The average Bonchev–Trinajstić information content (AvgIpc) is 3.10. The van der Waals surface area contributed by atoms with Crippen LogP contribution in [0.4, 0.5) is 0 Å². The fourth-order valence-electron chi connectivity index (χ4n) is 2.96. The van der Waals surface area contributed by atoms with Gasteiger partial charge in [-0.1, -0.05) is 12.2 Å². The van der Waals surface area contributed by atoms with Crippen molar-refractivity contribution < 1.29 is 9.53 Å². The number of imidazole rings is 2. The van der Waals surface area contributed by atoms with Crippen molar-refractivity contribution in [1.29, 1.82) is 0 Å². The molecule has 0 N–H and O–H groups in total. The first-order chi connectivity index (χ1) is 12.4. The van der Waals surface area contributed by atoms with Crippen LogP contribution in [-0.2, 0) is 29.7 Å². The van der Waals surface area contributed by atoms with Crippen molar-refractivity contribution in [2.45, 2.75) is 33.9 Å². The second kappa shape index (κ2) is 6.66. The Kier molecular flexibility index (Phi) is 4.54. The molecule has 9 nitrogen and oxygen atoms in total. The van der Waals surface area contributed by atoms with Crippen molar-refractivity contribution in [3.63, 3.8) is 0 Å². The highest BCUT2D eigenvalue weighted by atomic mass is 16.5. The van der Waals surface area contributed by atoms with Gasteiger partial charge in [0.05, 0.1) is 6.61 Å². The van der Waals surface area contributed by atoms with Gasteiger partial charge < -0.3 is 9.30 Å². The van der Waals surface area contributed by atoms with E-state index in [2.05, 4.69) is 4.98 Å². The Hall–Kier alpha value is -3.10. The molecule has 0 aliphatic rings. The molecule has 0 unspecified atom stereocenters. The Morgan fingerprint density at radius 3 is 2.69 bits per heavy atom. The molecule has 3 aromatic heterocycles. The summed E-state index contributed by atoms with van der Waals surface area (Å²) in [4.78, 5) is 41.7. The number of rotatable bonds is 5. The van der Waals surface area contributed by atoms with Gasteiger partial charge in [0.25, 0.3) is 5.56 Å². The summed E-state index contributed by atoms with van der Waals surface area (Å²) in [5, 5.41) is 0. The van der Waals surface area contributed by atoms with Gasteiger partial charge in [-0.25, -0.2) is 4.79 Å². The molecule has 0 aliphatic carbocycles. The van der Waals surface area contributed by atoms with Gasteiger partial charge in [0.2, 0.25) is 5.78 Å². The van der Waals surface area contributed by atoms with Crippen molar-refractivity contribution in [1.82, 2.24) is 23.1 Å². The number of hydrogen-bond acceptors (Lipinski definition) is 5. The number of nitrogens with zero attached hydrogens (tertiary/aromatic N) is 5. The molecule has 3 aromatic rings. The van der Waals surface area contributed by atoms with Gasteiger partial charge in [-0.05, 0) is 20.8 Å². The lowest BCUT2D eigenvalue weighted by Gasteiger charge is -2.06. The minimum atomic E-state index is -0.435. The van der Waals surface area contributed by atoms with Crippen molar-refractivity contribution in [2.24, 2.45) is 7.05 Å². The standard InChI is InChI=1S/C17H21N5O4/c1-5-7-8-20-15(24)13-14(19(4)17(20)25)18-16-21(10-12(23)26-6-2)11(3)9-22(13)16/h5,7,9H,6,8,10H2,1-4H3. The van der Waals surface area contributed by atoms with Crippen molar-refractivity contribution in [2.75, 3.05) is 6.61 Å². The number of hydrogen-bond donors (Lipinski definition) is 0. The summed E-state index contributed by atoms with van der Waals surface area (Å²) in [5.41, 5.74) is 0.495. The summed E-state index contributed by atoms with van der Waals surface area (Å²) in [6, 6.07) is 0. The molecule has 0 amide bonds. The largest absolute Gasteiger partial charge is 0.465 e. The number of aromatic nitrogens is 5. The van der Waals surface area contributed by atoms with Crippen molar-refractivity contribution in [3.05, 3.63) is 44.9 Å². The molecule has 26 heavy (non-hydrogen) atoms. The molecule has 0 saturated heterocycles. The third-order valence-corrected chi connectivity index (χ3v) is 4.26. The van der Waals surface area contributed by atoms with Crippen LogP contribution >= 0.6 is 0 Å². The van der Waals surface area contributed by atoms with Crippen LogP contribution < -0.4 is 11.2 Å². The minimum absolute atomic E-state index is 0.0137. The highest BCUT2D eigenvalue weighted by Gasteiger charge is 2.20. The summed E-state index contributed by atoms with van der Waals surface area (Å²) in [5.74, 6) is 0.0292. The lowest BCUT2D eigenvalue weighted by atomic mass is 10.4. The fourth-order valence-corrected chi connectivity index (χ4v) is 2.96. The van der Waals surface area contributed by atoms with Crippen LogP contribution in [0, 0.1) is 6.92 Å². The van der Waals surface area contributed by atoms with Gasteiger partial charge >= 0.3 is 11.7 Å². The minimum Gasteiger partial charge on any atom is -0.465 e. The molecule has 0 radical (unpaired) electrons. The van der Waals surface area contributed by atoms with Crippen LogP contribution in [0.25, 0.3) is 16.9 Å². The maximum atomic E-state index is 12.9. The lowest BCUT2D eigenvalue weighted by Crippen LogP contribution is -2.39. The summed E-state index contributed by atoms with van der Waals surface area (Å²) in [7, 11) is 1.57. The van der Waals surface area contributed by atoms with Crippen molar-refractivity contribution in [3.8, 4) is 0 Å². The highest BCUT2D eigenvalue weighted by molar-refractivity contribution is 5.77. The normalized spacial score (nSPS) is 11.8. The van der Waals surface area contributed by atoms with E-state index in [9.17, 15) is 14.4 Å². The van der Waals surface area contributed by atoms with Crippen LogP contribution in [0.5, 0.6) is 0 Å². The second-order valence-electron chi connectivity index (χ2n) is 5.94. The molecule has 0 atom stereocenters. The Balaban J connectivity index is 2.30. The van der Waals surface area contributed by atoms with Crippen LogP contribution in [0.3, 0.4) is 0 Å². The summed E-state index contributed by atoms with van der Waals surface area (Å²) < 4.78 is 10.8. The quantitative estimate of drug-likeness (QED) is 0.491. The fraction of sp³-hybridized carbons (Fsp3) is 0.412. The van der Waals surface area contributed by atoms with E-state index in [4.69, 9.17) is 4.74 Å². The van der Waals surface area contributed by atoms with Crippen LogP contribution in [0.1, 0.15) is 19.5 Å². The molecule has 0 spiro atoms. The van der Waals surface area contributed by atoms with Crippen LogP contribution in [0.2, 0.25) is 0 Å². The Morgan fingerprint density at radius 1 is 1.31 bits per heavy atom. The zero-order valence-electron chi connectivity index (χ0n) is 15.2. The van der Waals surface area contributed by atoms with E-state index in [0.29, 0.717) is 11.3 Å². The van der Waals surface area contributed by atoms with Crippen molar-refractivity contribution >= 4 is 22.9 Å². The second-order valence-corrected chi connectivity index (χ2v) is 5.94.